The number of rotatable bonds is 4. The van der Waals surface area contributed by atoms with E-state index in [0.29, 0.717) is 17.4 Å². The normalized spacial score (nSPS) is 12.1. The minimum absolute atomic E-state index is 0.451. The smallest absolute Gasteiger partial charge is 0.219 e. The second-order valence-electron chi connectivity index (χ2n) is 4.12. The number of hydrogen-bond acceptors (Lipinski definition) is 4. The van der Waals surface area contributed by atoms with E-state index in [4.69, 9.17) is 9.47 Å². The molecule has 0 aliphatic rings. The van der Waals surface area contributed by atoms with Crippen molar-refractivity contribution in [2.45, 2.75) is 13.0 Å². The van der Waals surface area contributed by atoms with E-state index in [0.717, 1.165) is 14.5 Å². The molecule has 1 N–H and O–H groups in total. The zero-order chi connectivity index (χ0) is 14.7. The van der Waals surface area contributed by atoms with Crippen molar-refractivity contribution in [3.8, 4) is 17.4 Å². The molecule has 0 saturated carbocycles. The van der Waals surface area contributed by atoms with Gasteiger partial charge in [0.1, 0.15) is 11.5 Å². The summed E-state index contributed by atoms with van der Waals surface area (Å²) in [6.45, 7) is 1.69. The van der Waals surface area contributed by atoms with Crippen molar-refractivity contribution in [3.05, 3.63) is 45.0 Å². The fourth-order valence-corrected chi connectivity index (χ4v) is 2.44. The molecular formula is C14H13Br2NO3. The number of ether oxygens (including phenoxy) is 2. The summed E-state index contributed by atoms with van der Waals surface area (Å²) in [5.41, 5.74) is 0.743. The monoisotopic (exact) mass is 401 g/mol. The predicted octanol–water partition coefficient (Wildman–Crippen LogP) is 4.46. The lowest BCUT2D eigenvalue weighted by Crippen LogP contribution is -1.94. The van der Waals surface area contributed by atoms with Crippen molar-refractivity contribution in [1.29, 1.82) is 0 Å². The average Bonchev–Trinajstić information content (AvgIpc) is 2.43. The molecule has 0 fully saturated rings. The summed E-state index contributed by atoms with van der Waals surface area (Å²) in [6.07, 6.45) is 1.05. The molecule has 0 bridgehead atoms. The topological polar surface area (TPSA) is 51.6 Å². The van der Waals surface area contributed by atoms with Crippen molar-refractivity contribution in [2.24, 2.45) is 0 Å². The summed E-state index contributed by atoms with van der Waals surface area (Å²) in [7, 11) is 1.60. The van der Waals surface area contributed by atoms with Crippen molar-refractivity contribution >= 4 is 31.9 Å². The standard InChI is InChI=1S/C14H13Br2NO3/c1-8(18)9-3-4-14(17-7-9)20-13-6-10(15)12(19-2)5-11(13)16/h3-8,18H,1-2H3/t8-/m0/s1. The fraction of sp³-hybridized carbons (Fsp3) is 0.214. The van der Waals surface area contributed by atoms with Crippen LogP contribution in [0.25, 0.3) is 0 Å². The van der Waals surface area contributed by atoms with Crippen LogP contribution in [-0.2, 0) is 0 Å². The second kappa shape index (κ2) is 6.56. The molecule has 1 atom stereocenters. The van der Waals surface area contributed by atoms with Crippen LogP contribution in [0.3, 0.4) is 0 Å². The zero-order valence-electron chi connectivity index (χ0n) is 10.9. The Hall–Kier alpha value is -1.11. The lowest BCUT2D eigenvalue weighted by molar-refractivity contribution is 0.198. The minimum Gasteiger partial charge on any atom is -0.496 e. The molecule has 0 aliphatic carbocycles. The van der Waals surface area contributed by atoms with E-state index in [1.807, 2.05) is 6.07 Å². The Labute approximate surface area is 134 Å². The first-order valence-electron chi connectivity index (χ1n) is 5.86. The maximum Gasteiger partial charge on any atom is 0.219 e. The first-order valence-corrected chi connectivity index (χ1v) is 7.44. The molecule has 0 radical (unpaired) electrons. The zero-order valence-corrected chi connectivity index (χ0v) is 14.1. The Morgan fingerprint density at radius 2 is 1.80 bits per heavy atom. The highest BCUT2D eigenvalue weighted by molar-refractivity contribution is 9.11. The summed E-state index contributed by atoms with van der Waals surface area (Å²) in [5.74, 6) is 1.78. The highest BCUT2D eigenvalue weighted by atomic mass is 79.9. The van der Waals surface area contributed by atoms with Crippen LogP contribution in [0.1, 0.15) is 18.6 Å². The third kappa shape index (κ3) is 3.50. The largest absolute Gasteiger partial charge is 0.496 e. The number of aliphatic hydroxyl groups is 1. The number of benzene rings is 1. The maximum atomic E-state index is 9.43. The Kier molecular flexibility index (Phi) is 5.01. The molecule has 2 aromatic rings. The molecule has 6 heteroatoms. The van der Waals surface area contributed by atoms with Gasteiger partial charge >= 0.3 is 0 Å². The van der Waals surface area contributed by atoms with Gasteiger partial charge in [-0.15, -0.1) is 0 Å². The van der Waals surface area contributed by atoms with E-state index in [1.165, 1.54) is 0 Å². The summed E-state index contributed by atoms with van der Waals surface area (Å²) in [4.78, 5) is 4.16. The molecule has 1 heterocycles. The minimum atomic E-state index is -0.543. The van der Waals surface area contributed by atoms with Crippen LogP contribution in [-0.4, -0.2) is 17.2 Å². The molecule has 4 nitrogen and oxygen atoms in total. The van der Waals surface area contributed by atoms with E-state index in [9.17, 15) is 5.11 Å². The summed E-state index contributed by atoms with van der Waals surface area (Å²) in [5, 5.41) is 9.43. The third-order valence-electron chi connectivity index (χ3n) is 2.66. The molecule has 0 unspecified atom stereocenters. The van der Waals surface area contributed by atoms with Gasteiger partial charge in [0.2, 0.25) is 5.88 Å². The van der Waals surface area contributed by atoms with Crippen LogP contribution >= 0.6 is 31.9 Å². The van der Waals surface area contributed by atoms with Crippen LogP contribution in [0.15, 0.2) is 39.4 Å². The molecule has 20 heavy (non-hydrogen) atoms. The van der Waals surface area contributed by atoms with E-state index in [1.54, 1.807) is 38.4 Å². The Bertz CT molecular complexity index is 600. The number of methoxy groups -OCH3 is 1. The highest BCUT2D eigenvalue weighted by Crippen LogP contribution is 2.37. The Morgan fingerprint density at radius 3 is 2.35 bits per heavy atom. The van der Waals surface area contributed by atoms with Gasteiger partial charge in [0.25, 0.3) is 0 Å². The third-order valence-corrected chi connectivity index (χ3v) is 3.90. The molecule has 1 aromatic heterocycles. The average molecular weight is 403 g/mol. The van der Waals surface area contributed by atoms with Crippen LogP contribution < -0.4 is 9.47 Å². The van der Waals surface area contributed by atoms with Gasteiger partial charge in [-0.25, -0.2) is 4.98 Å². The van der Waals surface area contributed by atoms with Gasteiger partial charge in [0.05, 0.1) is 22.2 Å². The maximum absolute atomic E-state index is 9.43. The molecule has 106 valence electrons. The number of nitrogens with zero attached hydrogens (tertiary/aromatic N) is 1. The van der Waals surface area contributed by atoms with Gasteiger partial charge in [-0.05, 0) is 62.5 Å². The molecule has 0 amide bonds. The molecule has 0 aliphatic heterocycles. The van der Waals surface area contributed by atoms with Gasteiger partial charge in [0.15, 0.2) is 0 Å². The van der Waals surface area contributed by atoms with Gasteiger partial charge in [-0.3, -0.25) is 0 Å². The van der Waals surface area contributed by atoms with Crippen molar-refractivity contribution in [1.82, 2.24) is 4.98 Å². The van der Waals surface area contributed by atoms with E-state index < -0.39 is 6.10 Å². The molecule has 0 saturated heterocycles. The van der Waals surface area contributed by atoms with Gasteiger partial charge in [-0.2, -0.15) is 0 Å². The number of aliphatic hydroxyl groups excluding tert-OH is 1. The summed E-state index contributed by atoms with van der Waals surface area (Å²) >= 11 is 6.83. The summed E-state index contributed by atoms with van der Waals surface area (Å²) < 4.78 is 12.4. The van der Waals surface area contributed by atoms with E-state index >= 15 is 0 Å². The second-order valence-corrected chi connectivity index (χ2v) is 5.83. The quantitative estimate of drug-likeness (QED) is 0.820. The van der Waals surface area contributed by atoms with Crippen LogP contribution in [0, 0.1) is 0 Å². The molecule has 2 rings (SSSR count). The lowest BCUT2D eigenvalue weighted by atomic mass is 10.2. The predicted molar refractivity (Wildman–Crippen MR) is 83.3 cm³/mol. The molecule has 1 aromatic carbocycles. The number of aromatic nitrogens is 1. The van der Waals surface area contributed by atoms with Crippen molar-refractivity contribution < 1.29 is 14.6 Å². The lowest BCUT2D eigenvalue weighted by Gasteiger charge is -2.11. The SMILES string of the molecule is COc1cc(Br)c(Oc2ccc([C@H](C)O)cn2)cc1Br. The van der Waals surface area contributed by atoms with Gasteiger partial charge < -0.3 is 14.6 Å². The first kappa shape index (κ1) is 15.3. The van der Waals surface area contributed by atoms with E-state index in [2.05, 4.69) is 36.8 Å². The van der Waals surface area contributed by atoms with Crippen molar-refractivity contribution in [3.63, 3.8) is 0 Å². The highest BCUT2D eigenvalue weighted by Gasteiger charge is 2.10. The van der Waals surface area contributed by atoms with Crippen LogP contribution in [0.5, 0.6) is 17.4 Å². The van der Waals surface area contributed by atoms with Crippen LogP contribution in [0.2, 0.25) is 0 Å². The van der Waals surface area contributed by atoms with Gasteiger partial charge in [-0.1, -0.05) is 0 Å². The van der Waals surface area contributed by atoms with Crippen molar-refractivity contribution in [2.75, 3.05) is 7.11 Å². The van der Waals surface area contributed by atoms with Crippen LogP contribution in [0.4, 0.5) is 0 Å². The number of pyridine rings is 1. The summed E-state index contributed by atoms with van der Waals surface area (Å²) in [6, 6.07) is 7.10. The Balaban J connectivity index is 2.23. The number of hydrogen-bond donors (Lipinski definition) is 1. The first-order chi connectivity index (χ1) is 9.51. The van der Waals surface area contributed by atoms with Gasteiger partial charge in [0, 0.05) is 12.3 Å². The molecular weight excluding hydrogens is 390 g/mol. The fourth-order valence-electron chi connectivity index (χ4n) is 1.56. The number of halogens is 2. The molecule has 0 spiro atoms. The van der Waals surface area contributed by atoms with E-state index in [-0.39, 0.29) is 0 Å². The Morgan fingerprint density at radius 1 is 1.15 bits per heavy atom.